The predicted octanol–water partition coefficient (Wildman–Crippen LogP) is 9.35. The summed E-state index contributed by atoms with van der Waals surface area (Å²) in [6, 6.07) is 18.4. The zero-order chi connectivity index (χ0) is 27.8. The van der Waals surface area contributed by atoms with Crippen LogP contribution < -0.4 is 0 Å². The molecule has 0 spiro atoms. The Hall–Kier alpha value is -3.65. The summed E-state index contributed by atoms with van der Waals surface area (Å²) in [5, 5.41) is 10.0. The molecule has 0 aliphatic heterocycles. The lowest BCUT2D eigenvalue weighted by Crippen LogP contribution is -2.00. The van der Waals surface area contributed by atoms with Gasteiger partial charge in [0.1, 0.15) is 34.9 Å². The van der Waals surface area contributed by atoms with Crippen molar-refractivity contribution < 1.29 is 17.6 Å². The lowest BCUT2D eigenvalue weighted by Gasteiger charge is -2.10. The molecule has 0 atom stereocenters. The van der Waals surface area contributed by atoms with Crippen LogP contribution in [0.4, 0.5) is 17.6 Å². The quantitative estimate of drug-likeness (QED) is 0.132. The van der Waals surface area contributed by atoms with E-state index in [0.29, 0.717) is 34.9 Å². The number of unbranched alkanes of at least 4 members (excludes halogenated alkanes) is 4. The highest BCUT2D eigenvalue weighted by atomic mass is 19.1. The van der Waals surface area contributed by atoms with Gasteiger partial charge in [0.2, 0.25) is 0 Å². The topological polar surface area (TPSA) is 23.8 Å². The van der Waals surface area contributed by atoms with Crippen LogP contribution in [0.1, 0.15) is 72.4 Å². The van der Waals surface area contributed by atoms with Crippen molar-refractivity contribution in [1.82, 2.24) is 0 Å². The first-order valence-electron chi connectivity index (χ1n) is 13.7. The molecule has 0 aliphatic rings. The highest BCUT2D eigenvalue weighted by Gasteiger charge is 2.13. The summed E-state index contributed by atoms with van der Waals surface area (Å²) >= 11 is 0. The molecule has 4 aromatic carbocycles. The van der Waals surface area contributed by atoms with Crippen molar-refractivity contribution in [2.75, 3.05) is 0 Å². The van der Waals surface area contributed by atoms with Crippen molar-refractivity contribution in [3.63, 3.8) is 0 Å². The van der Waals surface area contributed by atoms with Crippen LogP contribution in [0.3, 0.4) is 0 Å². The molecule has 0 heterocycles. The highest BCUT2D eigenvalue weighted by molar-refractivity contribution is 5.84. The van der Waals surface area contributed by atoms with E-state index in [9.17, 15) is 13.2 Å². The number of aryl methyl sites for hydroxylation is 5. The van der Waals surface area contributed by atoms with Gasteiger partial charge in [-0.05, 0) is 89.9 Å². The molecule has 0 aromatic heterocycles. The fourth-order valence-electron chi connectivity index (χ4n) is 5.05. The second-order valence-electron chi connectivity index (χ2n) is 10.2. The van der Waals surface area contributed by atoms with E-state index >= 15 is 4.39 Å². The van der Waals surface area contributed by atoms with Crippen LogP contribution >= 0.6 is 0 Å². The number of nitrogens with zero attached hydrogens (tertiary/aromatic N) is 1. The third-order valence-corrected chi connectivity index (χ3v) is 7.36. The minimum absolute atomic E-state index is 0.167. The Morgan fingerprint density at radius 2 is 1.21 bits per heavy atom. The first-order valence-corrected chi connectivity index (χ1v) is 13.7. The molecule has 202 valence electrons. The standard InChI is InChI=1S/C34H33F4N/c1-2-3-4-5-6-7-23-8-12-26(31(35)19-23)13-9-24-11-17-29-28(18-24)16-15-27(34(29)38)14-10-25-20-32(36)30(22-39)33(37)21-25/h8,11-12,15-21H,2-7,9-10,13-14H2,1H3. The van der Waals surface area contributed by atoms with Gasteiger partial charge >= 0.3 is 0 Å². The molecule has 0 unspecified atom stereocenters. The molecule has 5 heteroatoms. The second-order valence-corrected chi connectivity index (χ2v) is 10.2. The molecule has 39 heavy (non-hydrogen) atoms. The van der Waals surface area contributed by atoms with E-state index < -0.39 is 17.2 Å². The third kappa shape index (κ3) is 7.26. The SMILES string of the molecule is CCCCCCCc1ccc(CCc2ccc3c(F)c(CCc4cc(F)c(C#N)c(F)c4)ccc3c2)c(F)c1. The zero-order valence-electron chi connectivity index (χ0n) is 22.3. The smallest absolute Gasteiger partial charge is 0.144 e. The molecule has 0 saturated carbocycles. The lowest BCUT2D eigenvalue weighted by molar-refractivity contribution is 0.572. The Bertz CT molecular complexity index is 1460. The molecule has 1 nitrogen and oxygen atoms in total. The fourth-order valence-corrected chi connectivity index (χ4v) is 5.05. The summed E-state index contributed by atoms with van der Waals surface area (Å²) in [6.07, 6.45) is 8.57. The molecule has 4 rings (SSSR count). The maximum Gasteiger partial charge on any atom is 0.144 e. The molecular weight excluding hydrogens is 498 g/mol. The van der Waals surface area contributed by atoms with E-state index in [-0.39, 0.29) is 24.5 Å². The van der Waals surface area contributed by atoms with Crippen LogP contribution in [0.2, 0.25) is 0 Å². The molecule has 0 fully saturated rings. The number of rotatable bonds is 12. The van der Waals surface area contributed by atoms with Crippen LogP contribution in [-0.2, 0) is 32.1 Å². The van der Waals surface area contributed by atoms with E-state index in [0.717, 1.165) is 41.5 Å². The van der Waals surface area contributed by atoms with Gasteiger partial charge in [0, 0.05) is 5.39 Å². The Morgan fingerprint density at radius 1 is 0.590 bits per heavy atom. The zero-order valence-corrected chi connectivity index (χ0v) is 22.3. The van der Waals surface area contributed by atoms with Crippen LogP contribution in [0.25, 0.3) is 10.8 Å². The fraction of sp³-hybridized carbons (Fsp3) is 0.324. The average Bonchev–Trinajstić information content (AvgIpc) is 2.92. The monoisotopic (exact) mass is 531 g/mol. The Kier molecular flexibility index (Phi) is 9.76. The molecule has 0 amide bonds. The van der Waals surface area contributed by atoms with Gasteiger partial charge in [0.05, 0.1) is 0 Å². The van der Waals surface area contributed by atoms with Gasteiger partial charge in [-0.2, -0.15) is 5.26 Å². The normalized spacial score (nSPS) is 11.2. The molecular formula is C34H33F4N. The van der Waals surface area contributed by atoms with Gasteiger partial charge in [0.15, 0.2) is 0 Å². The average molecular weight is 532 g/mol. The summed E-state index contributed by atoms with van der Waals surface area (Å²) in [6.45, 7) is 2.19. The minimum Gasteiger partial charge on any atom is -0.207 e. The molecule has 0 radical (unpaired) electrons. The number of hydrogen-bond donors (Lipinski definition) is 0. The number of halogens is 4. The van der Waals surface area contributed by atoms with Crippen LogP contribution in [0.5, 0.6) is 0 Å². The van der Waals surface area contributed by atoms with E-state index in [1.54, 1.807) is 18.2 Å². The van der Waals surface area contributed by atoms with Crippen molar-refractivity contribution in [3.8, 4) is 6.07 Å². The lowest BCUT2D eigenvalue weighted by atomic mass is 9.96. The number of benzene rings is 4. The summed E-state index contributed by atoms with van der Waals surface area (Å²) < 4.78 is 57.7. The largest absolute Gasteiger partial charge is 0.207 e. The van der Waals surface area contributed by atoms with E-state index in [4.69, 9.17) is 5.26 Å². The predicted molar refractivity (Wildman–Crippen MR) is 149 cm³/mol. The number of fused-ring (bicyclic) bond motifs is 1. The minimum atomic E-state index is -0.910. The van der Waals surface area contributed by atoms with Crippen molar-refractivity contribution >= 4 is 10.8 Å². The van der Waals surface area contributed by atoms with Crippen molar-refractivity contribution in [1.29, 1.82) is 5.26 Å². The van der Waals surface area contributed by atoms with Gasteiger partial charge in [-0.1, -0.05) is 75.1 Å². The van der Waals surface area contributed by atoms with Gasteiger partial charge in [0.25, 0.3) is 0 Å². The highest BCUT2D eigenvalue weighted by Crippen LogP contribution is 2.25. The van der Waals surface area contributed by atoms with E-state index in [2.05, 4.69) is 6.92 Å². The van der Waals surface area contributed by atoms with Gasteiger partial charge in [-0.15, -0.1) is 0 Å². The van der Waals surface area contributed by atoms with E-state index in [1.165, 1.54) is 31.8 Å². The molecule has 4 aromatic rings. The van der Waals surface area contributed by atoms with Gasteiger partial charge in [-0.3, -0.25) is 0 Å². The van der Waals surface area contributed by atoms with Crippen LogP contribution in [0, 0.1) is 34.6 Å². The summed E-state index contributed by atoms with van der Waals surface area (Å²) in [4.78, 5) is 0. The maximum atomic E-state index is 15.2. The van der Waals surface area contributed by atoms with Crippen molar-refractivity contribution in [2.45, 2.75) is 71.1 Å². The Balaban J connectivity index is 1.37. The summed E-state index contributed by atoms with van der Waals surface area (Å²) in [5.74, 6) is -2.34. The molecule has 0 aliphatic carbocycles. The van der Waals surface area contributed by atoms with Crippen molar-refractivity contribution in [2.24, 2.45) is 0 Å². The summed E-state index contributed by atoms with van der Waals surface area (Å²) in [5.41, 5.74) is 2.93. The summed E-state index contributed by atoms with van der Waals surface area (Å²) in [7, 11) is 0. The number of hydrogen-bond acceptors (Lipinski definition) is 1. The van der Waals surface area contributed by atoms with Gasteiger partial charge in [-0.25, -0.2) is 17.6 Å². The first kappa shape index (κ1) is 28.4. The molecule has 0 saturated heterocycles. The Morgan fingerprint density at radius 3 is 1.92 bits per heavy atom. The first-order chi connectivity index (χ1) is 18.9. The van der Waals surface area contributed by atoms with Crippen LogP contribution in [-0.4, -0.2) is 0 Å². The molecule has 0 bridgehead atoms. The van der Waals surface area contributed by atoms with Gasteiger partial charge < -0.3 is 0 Å². The maximum absolute atomic E-state index is 15.2. The Labute approximate surface area is 228 Å². The van der Waals surface area contributed by atoms with Crippen molar-refractivity contribution in [3.05, 3.63) is 117 Å². The number of nitriles is 1. The third-order valence-electron chi connectivity index (χ3n) is 7.36. The molecule has 0 N–H and O–H groups in total. The van der Waals surface area contributed by atoms with E-state index in [1.807, 2.05) is 30.3 Å². The van der Waals surface area contributed by atoms with Crippen LogP contribution in [0.15, 0.2) is 60.7 Å². The second kappa shape index (κ2) is 13.4.